The molecule has 0 aliphatic carbocycles. The highest BCUT2D eigenvalue weighted by molar-refractivity contribution is 7.11. The Morgan fingerprint density at radius 1 is 1.47 bits per heavy atom. The first-order chi connectivity index (χ1) is 8.42. The fourth-order valence-corrected chi connectivity index (χ4v) is 3.45. The van der Waals surface area contributed by atoms with Crippen molar-refractivity contribution in [1.82, 2.24) is 15.2 Å². The molecular weight excluding hydrogens is 234 g/mol. The summed E-state index contributed by atoms with van der Waals surface area (Å²) in [5.41, 5.74) is 0. The maximum absolute atomic E-state index is 5.67. The van der Waals surface area contributed by atoms with Gasteiger partial charge in [0.05, 0.1) is 0 Å². The Morgan fingerprint density at radius 2 is 2.35 bits per heavy atom. The number of aromatic nitrogens is 1. The first kappa shape index (κ1) is 11.6. The average Bonchev–Trinajstić information content (AvgIpc) is 3.00. The van der Waals surface area contributed by atoms with E-state index in [9.17, 15) is 0 Å². The molecule has 94 valence electrons. The number of nitrogens with zero attached hydrogens (tertiary/aromatic N) is 2. The van der Waals surface area contributed by atoms with Crippen molar-refractivity contribution in [2.24, 2.45) is 0 Å². The molecule has 3 heterocycles. The van der Waals surface area contributed by atoms with Gasteiger partial charge < -0.3 is 10.1 Å². The highest BCUT2D eigenvalue weighted by Gasteiger charge is 2.21. The highest BCUT2D eigenvalue weighted by atomic mass is 32.1. The van der Waals surface area contributed by atoms with Crippen LogP contribution >= 0.6 is 11.3 Å². The minimum atomic E-state index is 0.275. The van der Waals surface area contributed by atoms with Gasteiger partial charge in [-0.05, 0) is 12.8 Å². The van der Waals surface area contributed by atoms with Crippen LogP contribution in [0.4, 0.5) is 0 Å². The van der Waals surface area contributed by atoms with Crippen molar-refractivity contribution >= 4 is 11.3 Å². The van der Waals surface area contributed by atoms with Crippen molar-refractivity contribution < 1.29 is 4.74 Å². The first-order valence-electron chi connectivity index (χ1n) is 6.41. The molecule has 0 spiro atoms. The van der Waals surface area contributed by atoms with Crippen LogP contribution in [-0.2, 0) is 11.3 Å². The fourth-order valence-electron chi connectivity index (χ4n) is 2.41. The van der Waals surface area contributed by atoms with E-state index in [1.807, 2.05) is 17.5 Å². The first-order valence-corrected chi connectivity index (χ1v) is 7.23. The van der Waals surface area contributed by atoms with Gasteiger partial charge in [0.2, 0.25) is 0 Å². The van der Waals surface area contributed by atoms with Gasteiger partial charge in [0, 0.05) is 50.4 Å². The molecule has 1 aromatic heterocycles. The summed E-state index contributed by atoms with van der Waals surface area (Å²) in [4.78, 5) is 8.38. The zero-order chi connectivity index (χ0) is 11.5. The molecule has 1 atom stereocenters. The molecule has 1 aromatic rings. The van der Waals surface area contributed by atoms with Gasteiger partial charge in [0.15, 0.2) is 0 Å². The van der Waals surface area contributed by atoms with Gasteiger partial charge in [0.1, 0.15) is 11.1 Å². The predicted molar refractivity (Wildman–Crippen MR) is 68.2 cm³/mol. The lowest BCUT2D eigenvalue weighted by Crippen LogP contribution is -2.42. The zero-order valence-electron chi connectivity index (χ0n) is 10.0. The predicted octanol–water partition coefficient (Wildman–Crippen LogP) is 1.40. The van der Waals surface area contributed by atoms with Crippen LogP contribution < -0.4 is 5.32 Å². The largest absolute Gasteiger partial charge is 0.371 e. The summed E-state index contributed by atoms with van der Waals surface area (Å²) in [7, 11) is 0. The van der Waals surface area contributed by atoms with E-state index in [2.05, 4.69) is 15.2 Å². The summed E-state index contributed by atoms with van der Waals surface area (Å²) in [5.74, 6) is 0. The molecule has 1 unspecified atom stereocenters. The Morgan fingerprint density at radius 3 is 3.12 bits per heavy atom. The quantitative estimate of drug-likeness (QED) is 0.883. The molecule has 2 aliphatic heterocycles. The Bertz CT molecular complexity index is 356. The van der Waals surface area contributed by atoms with Crippen molar-refractivity contribution in [3.63, 3.8) is 0 Å². The molecule has 2 aliphatic rings. The van der Waals surface area contributed by atoms with Crippen LogP contribution in [0, 0.1) is 0 Å². The lowest BCUT2D eigenvalue weighted by Gasteiger charge is -2.26. The molecule has 0 bridgehead atoms. The Hall–Kier alpha value is -0.490. The number of thiazole rings is 1. The molecule has 5 heteroatoms. The second kappa shape index (κ2) is 5.44. The van der Waals surface area contributed by atoms with Crippen molar-refractivity contribution in [2.45, 2.75) is 25.5 Å². The van der Waals surface area contributed by atoms with E-state index >= 15 is 0 Å². The van der Waals surface area contributed by atoms with E-state index in [-0.39, 0.29) is 6.10 Å². The SMILES string of the molecule is c1nc(C2CCCO2)sc1CN1CCNCC1. The van der Waals surface area contributed by atoms with E-state index in [1.165, 1.54) is 16.3 Å². The molecule has 3 rings (SSSR count). The molecule has 1 N–H and O–H groups in total. The van der Waals surface area contributed by atoms with Gasteiger partial charge >= 0.3 is 0 Å². The van der Waals surface area contributed by atoms with Gasteiger partial charge in [0.25, 0.3) is 0 Å². The Balaban J connectivity index is 1.59. The molecule has 0 amide bonds. The lowest BCUT2D eigenvalue weighted by molar-refractivity contribution is 0.111. The molecule has 2 saturated heterocycles. The number of hydrogen-bond donors (Lipinski definition) is 1. The number of ether oxygens (including phenoxy) is 1. The molecule has 0 aromatic carbocycles. The van der Waals surface area contributed by atoms with Crippen molar-refractivity contribution in [3.8, 4) is 0 Å². The third kappa shape index (κ3) is 2.85. The summed E-state index contributed by atoms with van der Waals surface area (Å²) >= 11 is 1.83. The van der Waals surface area contributed by atoms with Crippen LogP contribution in [0.5, 0.6) is 0 Å². The van der Waals surface area contributed by atoms with E-state index in [0.29, 0.717) is 0 Å². The summed E-state index contributed by atoms with van der Waals surface area (Å²) in [6.07, 6.45) is 4.62. The van der Waals surface area contributed by atoms with Crippen molar-refractivity contribution in [2.75, 3.05) is 32.8 Å². The topological polar surface area (TPSA) is 37.4 Å². The summed E-state index contributed by atoms with van der Waals surface area (Å²) in [5, 5.41) is 4.55. The third-order valence-electron chi connectivity index (χ3n) is 3.37. The Kier molecular flexibility index (Phi) is 3.71. The number of piperazine rings is 1. The molecule has 0 saturated carbocycles. The molecular formula is C12H19N3OS. The van der Waals surface area contributed by atoms with Crippen LogP contribution in [-0.4, -0.2) is 42.7 Å². The lowest BCUT2D eigenvalue weighted by atomic mass is 10.2. The van der Waals surface area contributed by atoms with Crippen molar-refractivity contribution in [3.05, 3.63) is 16.1 Å². The minimum absolute atomic E-state index is 0.275. The zero-order valence-corrected chi connectivity index (χ0v) is 10.8. The van der Waals surface area contributed by atoms with Gasteiger partial charge in [-0.2, -0.15) is 0 Å². The van der Waals surface area contributed by atoms with Crippen LogP contribution in [0.2, 0.25) is 0 Å². The smallest absolute Gasteiger partial charge is 0.122 e. The van der Waals surface area contributed by atoms with E-state index < -0.39 is 0 Å². The number of hydrogen-bond acceptors (Lipinski definition) is 5. The molecule has 4 nitrogen and oxygen atoms in total. The Labute approximate surface area is 106 Å². The average molecular weight is 253 g/mol. The van der Waals surface area contributed by atoms with Crippen molar-refractivity contribution in [1.29, 1.82) is 0 Å². The fraction of sp³-hybridized carbons (Fsp3) is 0.750. The standard InChI is InChI=1S/C12H19N3OS/c1-2-11(16-7-1)12-14-8-10(17-12)9-15-5-3-13-4-6-15/h8,11,13H,1-7,9H2. The molecule has 2 fully saturated rings. The van der Waals surface area contributed by atoms with Gasteiger partial charge in [-0.15, -0.1) is 11.3 Å². The molecule has 17 heavy (non-hydrogen) atoms. The second-order valence-electron chi connectivity index (χ2n) is 4.69. The normalized spacial score (nSPS) is 26.5. The van der Waals surface area contributed by atoms with Gasteiger partial charge in [-0.3, -0.25) is 4.90 Å². The molecule has 0 radical (unpaired) electrons. The van der Waals surface area contributed by atoms with E-state index in [4.69, 9.17) is 4.74 Å². The summed E-state index contributed by atoms with van der Waals surface area (Å²) < 4.78 is 5.67. The van der Waals surface area contributed by atoms with Gasteiger partial charge in [-0.1, -0.05) is 0 Å². The highest BCUT2D eigenvalue weighted by Crippen LogP contribution is 2.31. The maximum atomic E-state index is 5.67. The van der Waals surface area contributed by atoms with E-state index in [1.54, 1.807) is 0 Å². The summed E-state index contributed by atoms with van der Waals surface area (Å²) in [6.45, 7) is 6.46. The van der Waals surface area contributed by atoms with Gasteiger partial charge in [-0.25, -0.2) is 4.98 Å². The van der Waals surface area contributed by atoms with Crippen LogP contribution in [0.1, 0.15) is 28.8 Å². The van der Waals surface area contributed by atoms with E-state index in [0.717, 1.165) is 45.8 Å². The number of rotatable bonds is 3. The number of nitrogens with one attached hydrogen (secondary N) is 1. The third-order valence-corrected chi connectivity index (χ3v) is 4.44. The second-order valence-corrected chi connectivity index (χ2v) is 5.84. The van der Waals surface area contributed by atoms with Crippen LogP contribution in [0.15, 0.2) is 6.20 Å². The van der Waals surface area contributed by atoms with Crippen LogP contribution in [0.3, 0.4) is 0 Å². The van der Waals surface area contributed by atoms with Crippen LogP contribution in [0.25, 0.3) is 0 Å². The monoisotopic (exact) mass is 253 g/mol. The summed E-state index contributed by atoms with van der Waals surface area (Å²) in [6, 6.07) is 0. The maximum Gasteiger partial charge on any atom is 0.122 e. The minimum Gasteiger partial charge on any atom is -0.371 e.